The van der Waals surface area contributed by atoms with Gasteiger partial charge in [0, 0.05) is 19.1 Å². The van der Waals surface area contributed by atoms with Crippen LogP contribution in [0.5, 0.6) is 0 Å². The lowest BCUT2D eigenvalue weighted by Crippen LogP contribution is -2.56. The Labute approximate surface area is 81.5 Å². The first-order chi connectivity index (χ1) is 6.23. The fourth-order valence-electron chi connectivity index (χ4n) is 2.75. The van der Waals surface area contributed by atoms with Gasteiger partial charge in [-0.25, -0.2) is 0 Å². The molecule has 2 aliphatic heterocycles. The summed E-state index contributed by atoms with van der Waals surface area (Å²) in [5.41, 5.74) is 0.568. The first-order valence-corrected chi connectivity index (χ1v) is 5.68. The Kier molecular flexibility index (Phi) is 2.61. The molecule has 0 spiro atoms. The first-order valence-electron chi connectivity index (χ1n) is 5.68. The summed E-state index contributed by atoms with van der Waals surface area (Å²) < 4.78 is 0. The number of hydrogen-bond donors (Lipinski definition) is 2. The molecule has 2 nitrogen and oxygen atoms in total. The molecule has 0 aromatic carbocycles. The lowest BCUT2D eigenvalue weighted by molar-refractivity contribution is 0.107. The van der Waals surface area contributed by atoms with Gasteiger partial charge in [0.25, 0.3) is 0 Å². The van der Waals surface area contributed by atoms with Crippen LogP contribution >= 0.6 is 0 Å². The molecule has 3 atom stereocenters. The van der Waals surface area contributed by atoms with E-state index in [0.717, 1.165) is 12.0 Å². The number of hydrogen-bond acceptors (Lipinski definition) is 2. The van der Waals surface area contributed by atoms with Crippen molar-refractivity contribution in [2.24, 2.45) is 11.3 Å². The normalized spacial score (nSPS) is 45.7. The van der Waals surface area contributed by atoms with E-state index >= 15 is 0 Å². The van der Waals surface area contributed by atoms with Crippen molar-refractivity contribution in [3.63, 3.8) is 0 Å². The van der Waals surface area contributed by atoms with Gasteiger partial charge in [-0.2, -0.15) is 0 Å². The Bertz CT molecular complexity index is 181. The van der Waals surface area contributed by atoms with E-state index in [-0.39, 0.29) is 0 Å². The molecule has 0 bridgehead atoms. The van der Waals surface area contributed by atoms with E-state index in [2.05, 4.69) is 24.5 Å². The summed E-state index contributed by atoms with van der Waals surface area (Å²) in [6.07, 6.45) is 4.12. The number of nitrogens with one attached hydrogen (secondary N) is 2. The molecular formula is C11H22N2. The lowest BCUT2D eigenvalue weighted by atomic mass is 9.71. The third kappa shape index (κ3) is 1.89. The van der Waals surface area contributed by atoms with Crippen molar-refractivity contribution in [1.82, 2.24) is 10.6 Å². The Morgan fingerprint density at radius 2 is 2.31 bits per heavy atom. The molecule has 0 amide bonds. The fourth-order valence-corrected chi connectivity index (χ4v) is 2.75. The van der Waals surface area contributed by atoms with Gasteiger partial charge in [0.15, 0.2) is 0 Å². The van der Waals surface area contributed by atoms with E-state index in [4.69, 9.17) is 0 Å². The lowest BCUT2D eigenvalue weighted by Gasteiger charge is -2.45. The van der Waals surface area contributed by atoms with E-state index < -0.39 is 0 Å². The van der Waals surface area contributed by atoms with E-state index in [1.807, 2.05) is 0 Å². The fraction of sp³-hybridized carbons (Fsp3) is 1.00. The van der Waals surface area contributed by atoms with Crippen molar-refractivity contribution >= 4 is 0 Å². The molecule has 0 aromatic rings. The van der Waals surface area contributed by atoms with Gasteiger partial charge in [-0.1, -0.05) is 13.8 Å². The molecule has 0 saturated carbocycles. The van der Waals surface area contributed by atoms with Crippen LogP contribution in [0.3, 0.4) is 0 Å². The zero-order chi connectivity index (χ0) is 9.31. The first kappa shape index (κ1) is 9.47. The molecule has 2 heterocycles. The zero-order valence-electron chi connectivity index (χ0n) is 8.90. The quantitative estimate of drug-likeness (QED) is 0.640. The number of rotatable bonds is 1. The van der Waals surface area contributed by atoms with Crippen LogP contribution in [0.15, 0.2) is 0 Å². The minimum Gasteiger partial charge on any atom is -0.315 e. The standard InChI is InChI=1S/C11H22N2/c1-3-11(2)6-9-4-5-12-7-10(9)13-8-11/h9-10,12-13H,3-8H2,1-2H3. The van der Waals surface area contributed by atoms with Crippen LogP contribution in [-0.4, -0.2) is 25.7 Å². The van der Waals surface area contributed by atoms with Gasteiger partial charge < -0.3 is 10.6 Å². The maximum absolute atomic E-state index is 3.70. The highest BCUT2D eigenvalue weighted by Crippen LogP contribution is 2.36. The van der Waals surface area contributed by atoms with Gasteiger partial charge >= 0.3 is 0 Å². The predicted octanol–water partition coefficient (Wildman–Crippen LogP) is 1.37. The molecule has 2 aliphatic rings. The monoisotopic (exact) mass is 182 g/mol. The van der Waals surface area contributed by atoms with Crippen molar-refractivity contribution < 1.29 is 0 Å². The topological polar surface area (TPSA) is 24.1 Å². The number of fused-ring (bicyclic) bond motifs is 1. The highest BCUT2D eigenvalue weighted by molar-refractivity contribution is 4.94. The van der Waals surface area contributed by atoms with Crippen LogP contribution in [0.1, 0.15) is 33.1 Å². The molecule has 2 fully saturated rings. The van der Waals surface area contributed by atoms with Gasteiger partial charge in [-0.05, 0) is 37.1 Å². The second kappa shape index (κ2) is 3.58. The highest BCUT2D eigenvalue weighted by Gasteiger charge is 2.37. The molecular weight excluding hydrogens is 160 g/mol. The van der Waals surface area contributed by atoms with E-state index in [0.29, 0.717) is 5.41 Å². The average molecular weight is 182 g/mol. The maximum Gasteiger partial charge on any atom is 0.0221 e. The van der Waals surface area contributed by atoms with E-state index in [9.17, 15) is 0 Å². The van der Waals surface area contributed by atoms with E-state index in [1.165, 1.54) is 38.9 Å². The molecule has 13 heavy (non-hydrogen) atoms. The van der Waals surface area contributed by atoms with Gasteiger partial charge in [0.05, 0.1) is 0 Å². The summed E-state index contributed by atoms with van der Waals surface area (Å²) in [5.74, 6) is 0.931. The van der Waals surface area contributed by atoms with Gasteiger partial charge in [0.2, 0.25) is 0 Å². The van der Waals surface area contributed by atoms with Crippen molar-refractivity contribution in [3.05, 3.63) is 0 Å². The predicted molar refractivity (Wildman–Crippen MR) is 55.8 cm³/mol. The molecule has 2 saturated heterocycles. The van der Waals surface area contributed by atoms with Crippen molar-refractivity contribution in [2.75, 3.05) is 19.6 Å². The van der Waals surface area contributed by atoms with E-state index in [1.54, 1.807) is 0 Å². The van der Waals surface area contributed by atoms with Gasteiger partial charge in [0.1, 0.15) is 0 Å². The summed E-state index contributed by atoms with van der Waals surface area (Å²) >= 11 is 0. The minimum atomic E-state index is 0.568. The molecule has 2 rings (SSSR count). The summed E-state index contributed by atoms with van der Waals surface area (Å²) in [7, 11) is 0. The molecule has 0 aromatic heterocycles. The van der Waals surface area contributed by atoms with Gasteiger partial charge in [-0.15, -0.1) is 0 Å². The summed E-state index contributed by atoms with van der Waals surface area (Å²) in [6.45, 7) is 8.38. The molecule has 0 radical (unpaired) electrons. The Morgan fingerprint density at radius 3 is 3.08 bits per heavy atom. The third-order valence-electron chi connectivity index (χ3n) is 4.02. The Morgan fingerprint density at radius 1 is 1.46 bits per heavy atom. The van der Waals surface area contributed by atoms with Crippen LogP contribution in [0.4, 0.5) is 0 Å². The Hall–Kier alpha value is -0.0800. The second-order valence-corrected chi connectivity index (χ2v) is 5.11. The van der Waals surface area contributed by atoms with Crippen molar-refractivity contribution in [3.8, 4) is 0 Å². The summed E-state index contributed by atoms with van der Waals surface area (Å²) in [6, 6.07) is 0.758. The molecule has 76 valence electrons. The molecule has 3 unspecified atom stereocenters. The molecule has 2 heteroatoms. The summed E-state index contributed by atoms with van der Waals surface area (Å²) in [5, 5.41) is 7.17. The van der Waals surface area contributed by atoms with Crippen LogP contribution < -0.4 is 10.6 Å². The van der Waals surface area contributed by atoms with Crippen LogP contribution in [-0.2, 0) is 0 Å². The second-order valence-electron chi connectivity index (χ2n) is 5.11. The SMILES string of the molecule is CCC1(C)CNC2CNCCC2C1. The molecule has 2 N–H and O–H groups in total. The largest absolute Gasteiger partial charge is 0.315 e. The maximum atomic E-state index is 3.70. The Balaban J connectivity index is 1.98. The van der Waals surface area contributed by atoms with Crippen LogP contribution in [0.25, 0.3) is 0 Å². The smallest absolute Gasteiger partial charge is 0.0221 e. The average Bonchev–Trinajstić information content (AvgIpc) is 2.18. The number of piperidine rings is 2. The minimum absolute atomic E-state index is 0.568. The van der Waals surface area contributed by atoms with Gasteiger partial charge in [-0.3, -0.25) is 0 Å². The van der Waals surface area contributed by atoms with Crippen LogP contribution in [0, 0.1) is 11.3 Å². The van der Waals surface area contributed by atoms with Crippen LogP contribution in [0.2, 0.25) is 0 Å². The third-order valence-corrected chi connectivity index (χ3v) is 4.02. The van der Waals surface area contributed by atoms with Crippen molar-refractivity contribution in [2.45, 2.75) is 39.2 Å². The molecule has 0 aliphatic carbocycles. The summed E-state index contributed by atoms with van der Waals surface area (Å²) in [4.78, 5) is 0. The zero-order valence-corrected chi connectivity index (χ0v) is 8.90. The van der Waals surface area contributed by atoms with Crippen molar-refractivity contribution in [1.29, 1.82) is 0 Å². The highest BCUT2D eigenvalue weighted by atomic mass is 15.0.